The predicted octanol–water partition coefficient (Wildman–Crippen LogP) is 2.79. The predicted molar refractivity (Wildman–Crippen MR) is 72.7 cm³/mol. The maximum atomic E-state index is 12.8. The summed E-state index contributed by atoms with van der Waals surface area (Å²) in [7, 11) is 0.663. The second kappa shape index (κ2) is 6.72. The molecule has 5 nitrogen and oxygen atoms in total. The maximum absolute atomic E-state index is 12.8. The van der Waals surface area contributed by atoms with Gasteiger partial charge in [0, 0.05) is 5.69 Å². The van der Waals surface area contributed by atoms with E-state index in [2.05, 4.69) is 10.1 Å². The normalized spacial score (nSPS) is 14.1. The summed E-state index contributed by atoms with van der Waals surface area (Å²) < 4.78 is 42.3. The zero-order valence-corrected chi connectivity index (χ0v) is 12.5. The first-order valence-electron chi connectivity index (χ1n) is 5.63. The van der Waals surface area contributed by atoms with Crippen molar-refractivity contribution >= 4 is 40.8 Å². The number of nitrogens with one attached hydrogen (secondary N) is 1. The highest BCUT2D eigenvalue weighted by atomic mass is 35.5. The molecule has 10 heteroatoms. The van der Waals surface area contributed by atoms with E-state index in [1.54, 1.807) is 0 Å². The number of esters is 1. The Bertz CT molecular complexity index is 594. The number of carbonyl (C=O) groups excluding carboxylic acids is 2. The number of benzene rings is 1. The molecule has 0 heterocycles. The number of hydrogen-bond acceptors (Lipinski definition) is 4. The number of ether oxygens (including phenoxy) is 1. The second-order valence-corrected chi connectivity index (χ2v) is 5.02. The van der Waals surface area contributed by atoms with Gasteiger partial charge in [-0.25, -0.2) is 4.79 Å². The van der Waals surface area contributed by atoms with Crippen LogP contribution < -0.4 is 5.32 Å². The van der Waals surface area contributed by atoms with Crippen LogP contribution in [-0.2, 0) is 14.3 Å². The largest absolute Gasteiger partial charge is 0.467 e. The van der Waals surface area contributed by atoms with Gasteiger partial charge >= 0.3 is 12.1 Å². The molecule has 0 aliphatic carbocycles. The third-order valence-electron chi connectivity index (χ3n) is 2.61. The van der Waals surface area contributed by atoms with Crippen LogP contribution in [0, 0.1) is 0 Å². The molecule has 1 aromatic rings. The summed E-state index contributed by atoms with van der Waals surface area (Å²) >= 11 is 11.3. The van der Waals surface area contributed by atoms with Gasteiger partial charge in [0.1, 0.15) is 0 Å². The Morgan fingerprint density at radius 3 is 2.32 bits per heavy atom. The first-order valence-corrected chi connectivity index (χ1v) is 6.39. The molecule has 0 radical (unpaired) electrons. The monoisotopic (exact) mass is 359 g/mol. The number of alkyl halides is 3. The standard InChI is InChI=1S/C12H10Cl2F3NO4/c1-22-10(20)11(21,12(15,16)17)5-9(19)18-6-2-3-7(13)8(14)4-6/h2-4,21H,5H2,1H3,(H,18,19)/t11-/m1/s1. The SMILES string of the molecule is COC(=O)[C@](O)(CC(=O)Nc1ccc(Cl)c(Cl)c1)C(F)(F)F. The Labute approximate surface area is 133 Å². The van der Waals surface area contributed by atoms with Gasteiger partial charge in [0.05, 0.1) is 23.6 Å². The molecule has 122 valence electrons. The van der Waals surface area contributed by atoms with E-state index in [0.717, 1.165) is 0 Å². The highest BCUT2D eigenvalue weighted by molar-refractivity contribution is 6.42. The molecule has 1 aromatic carbocycles. The number of amides is 1. The molecule has 0 aromatic heterocycles. The Kier molecular flexibility index (Phi) is 5.66. The Balaban J connectivity index is 2.93. The molecule has 22 heavy (non-hydrogen) atoms. The van der Waals surface area contributed by atoms with Crippen LogP contribution in [0.5, 0.6) is 0 Å². The van der Waals surface area contributed by atoms with E-state index in [4.69, 9.17) is 23.2 Å². The van der Waals surface area contributed by atoms with Crippen LogP contribution in [0.3, 0.4) is 0 Å². The fourth-order valence-electron chi connectivity index (χ4n) is 1.47. The van der Waals surface area contributed by atoms with E-state index >= 15 is 0 Å². The molecule has 1 rings (SSSR count). The summed E-state index contributed by atoms with van der Waals surface area (Å²) in [6.45, 7) is 0. The summed E-state index contributed by atoms with van der Waals surface area (Å²) in [6.07, 6.45) is -6.95. The summed E-state index contributed by atoms with van der Waals surface area (Å²) in [5.74, 6) is -3.24. The van der Waals surface area contributed by atoms with Crippen molar-refractivity contribution in [2.24, 2.45) is 0 Å². The number of anilines is 1. The molecular formula is C12H10Cl2F3NO4. The van der Waals surface area contributed by atoms with Gasteiger partial charge < -0.3 is 15.2 Å². The van der Waals surface area contributed by atoms with Crippen molar-refractivity contribution in [3.63, 3.8) is 0 Å². The van der Waals surface area contributed by atoms with Crippen LogP contribution in [0.1, 0.15) is 6.42 Å². The van der Waals surface area contributed by atoms with Crippen molar-refractivity contribution in [1.29, 1.82) is 0 Å². The molecule has 0 spiro atoms. The molecule has 0 aliphatic rings. The third kappa shape index (κ3) is 4.02. The lowest BCUT2D eigenvalue weighted by molar-refractivity contribution is -0.261. The smallest absolute Gasteiger partial charge is 0.428 e. The van der Waals surface area contributed by atoms with Gasteiger partial charge in [0.25, 0.3) is 5.60 Å². The fourth-order valence-corrected chi connectivity index (χ4v) is 1.77. The molecule has 2 N–H and O–H groups in total. The van der Waals surface area contributed by atoms with E-state index < -0.39 is 30.1 Å². The highest BCUT2D eigenvalue weighted by Gasteiger charge is 2.61. The zero-order chi connectivity index (χ0) is 17.1. The molecule has 0 saturated carbocycles. The molecule has 0 fully saturated rings. The minimum Gasteiger partial charge on any atom is -0.467 e. The highest BCUT2D eigenvalue weighted by Crippen LogP contribution is 2.34. The van der Waals surface area contributed by atoms with Gasteiger partial charge in [0.2, 0.25) is 5.91 Å². The molecule has 0 aliphatic heterocycles. The Hall–Kier alpha value is -1.51. The van der Waals surface area contributed by atoms with Gasteiger partial charge in [-0.05, 0) is 18.2 Å². The molecule has 1 atom stereocenters. The molecule has 0 bridgehead atoms. The number of carbonyl (C=O) groups is 2. The van der Waals surface area contributed by atoms with Crippen molar-refractivity contribution < 1.29 is 32.6 Å². The van der Waals surface area contributed by atoms with Crippen LogP contribution >= 0.6 is 23.2 Å². The lowest BCUT2D eigenvalue weighted by Gasteiger charge is -2.26. The minimum absolute atomic E-state index is 0.0498. The average Bonchev–Trinajstić information content (AvgIpc) is 2.40. The second-order valence-electron chi connectivity index (χ2n) is 4.20. The Morgan fingerprint density at radius 2 is 1.86 bits per heavy atom. The summed E-state index contributed by atoms with van der Waals surface area (Å²) in [5.41, 5.74) is -3.89. The van der Waals surface area contributed by atoms with E-state index in [0.29, 0.717) is 7.11 Å². The molecular weight excluding hydrogens is 350 g/mol. The van der Waals surface area contributed by atoms with E-state index in [9.17, 15) is 27.9 Å². The number of rotatable bonds is 4. The van der Waals surface area contributed by atoms with Crippen molar-refractivity contribution in [2.45, 2.75) is 18.2 Å². The van der Waals surface area contributed by atoms with Gasteiger partial charge in [0.15, 0.2) is 0 Å². The lowest BCUT2D eigenvalue weighted by atomic mass is 9.98. The van der Waals surface area contributed by atoms with Gasteiger partial charge in [-0.15, -0.1) is 0 Å². The van der Waals surface area contributed by atoms with Gasteiger partial charge in [-0.2, -0.15) is 13.2 Å². The lowest BCUT2D eigenvalue weighted by Crippen LogP contribution is -2.54. The minimum atomic E-state index is -5.38. The number of halogens is 5. The molecule has 0 saturated heterocycles. The van der Waals surface area contributed by atoms with Crippen molar-refractivity contribution in [2.75, 3.05) is 12.4 Å². The van der Waals surface area contributed by atoms with Crippen LogP contribution in [0.2, 0.25) is 10.0 Å². The van der Waals surface area contributed by atoms with E-state index in [1.165, 1.54) is 18.2 Å². The van der Waals surface area contributed by atoms with Crippen LogP contribution in [0.25, 0.3) is 0 Å². The third-order valence-corrected chi connectivity index (χ3v) is 3.35. The van der Waals surface area contributed by atoms with Gasteiger partial charge in [-0.1, -0.05) is 23.2 Å². The topological polar surface area (TPSA) is 75.6 Å². The fraction of sp³-hybridized carbons (Fsp3) is 0.333. The number of methoxy groups -OCH3 is 1. The number of hydrogen-bond donors (Lipinski definition) is 2. The molecule has 0 unspecified atom stereocenters. The quantitative estimate of drug-likeness (QED) is 0.810. The summed E-state index contributed by atoms with van der Waals surface area (Å²) in [5, 5.41) is 11.8. The van der Waals surface area contributed by atoms with Crippen molar-refractivity contribution in [3.05, 3.63) is 28.2 Å². The van der Waals surface area contributed by atoms with Gasteiger partial charge in [-0.3, -0.25) is 4.79 Å². The van der Waals surface area contributed by atoms with Crippen LogP contribution in [0.15, 0.2) is 18.2 Å². The van der Waals surface area contributed by atoms with E-state index in [1.807, 2.05) is 0 Å². The molecule has 1 amide bonds. The maximum Gasteiger partial charge on any atom is 0.428 e. The number of aliphatic hydroxyl groups is 1. The van der Waals surface area contributed by atoms with Crippen molar-refractivity contribution in [3.8, 4) is 0 Å². The summed E-state index contributed by atoms with van der Waals surface area (Å²) in [6, 6.07) is 3.80. The first-order chi connectivity index (χ1) is 10.0. The van der Waals surface area contributed by atoms with Crippen LogP contribution in [0.4, 0.5) is 18.9 Å². The average molecular weight is 360 g/mol. The van der Waals surface area contributed by atoms with Crippen LogP contribution in [-0.4, -0.2) is 35.9 Å². The zero-order valence-electron chi connectivity index (χ0n) is 11.0. The summed E-state index contributed by atoms with van der Waals surface area (Å²) in [4.78, 5) is 22.8. The van der Waals surface area contributed by atoms with E-state index in [-0.39, 0.29) is 15.7 Å². The van der Waals surface area contributed by atoms with Crippen molar-refractivity contribution in [1.82, 2.24) is 0 Å². The Morgan fingerprint density at radius 1 is 1.27 bits per heavy atom. The first kappa shape index (κ1) is 18.5.